The third-order valence-corrected chi connectivity index (χ3v) is 19.0. The molecule has 698 valence electrons. The lowest BCUT2D eigenvalue weighted by Gasteiger charge is -2.35. The van der Waals surface area contributed by atoms with Crippen LogP contribution in [-0.2, 0) is 38.1 Å². The second-order valence-electron chi connectivity index (χ2n) is 34.4. The fourth-order valence-electron chi connectivity index (χ4n) is 12.0. The van der Waals surface area contributed by atoms with Crippen molar-refractivity contribution in [3.05, 3.63) is 133 Å². The highest BCUT2D eigenvalue weighted by atomic mass is 16.6. The van der Waals surface area contributed by atoms with Gasteiger partial charge in [-0.1, -0.05) is 95.9 Å². The fourth-order valence-corrected chi connectivity index (χ4v) is 12.0. The molecule has 0 heterocycles. The predicted octanol–water partition coefficient (Wildman–Crippen LogP) is 15.1. The van der Waals surface area contributed by atoms with Crippen LogP contribution in [0.25, 0.3) is 0 Å². The normalized spacial score (nSPS) is 11.2. The number of benzene rings is 3. The summed E-state index contributed by atoms with van der Waals surface area (Å²) in [7, 11) is 0. The Bertz CT molecular complexity index is 3920. The Labute approximate surface area is 743 Å². The zero-order valence-corrected chi connectivity index (χ0v) is 77.0. The minimum Gasteiger partial charge on any atom is -0.460 e. The molecule has 0 saturated carbocycles. The number of amides is 14. The van der Waals surface area contributed by atoms with Crippen molar-refractivity contribution in [1.29, 1.82) is 0 Å². The van der Waals surface area contributed by atoms with Gasteiger partial charge in [0.25, 0.3) is 0 Å². The predicted molar refractivity (Wildman–Crippen MR) is 478 cm³/mol. The molecule has 3 aromatic carbocycles. The van der Waals surface area contributed by atoms with Gasteiger partial charge in [0.15, 0.2) is 0 Å². The van der Waals surface area contributed by atoms with Crippen LogP contribution < -0.4 is 50.8 Å². The molecule has 0 aliphatic carbocycles. The van der Waals surface area contributed by atoms with Gasteiger partial charge < -0.3 is 89.4 Å². The molecule has 34 heteroatoms. The van der Waals surface area contributed by atoms with Gasteiger partial charge in [0, 0.05) is 109 Å². The standard InChI is InChI=1S/C92H138N12O22/c1-65(2)75(105)119-58-54-101(89(9,10)11)83(113)95-48-31-23-21-29-46-93-81(111)99(52-35-27-25-33-50-97-85(115)103(91(15,16)17)56-60-121-77(107)67(5)6)87(117)125-73-44-38-42-71(63-73)123-79(109)69-40-37-41-70(62-69)80(110)124-72-43-39-45-74(64-72)126-88(118)100(53-36-28-26-34-51-98-86(116)104(92(18,19)20)57-61-122-78(108)68(7)8)82(112)94-47-30-22-24-32-49-96-84(114)102(90(12,13)14)55-59-120-76(106)66(3)4/h37-45,62-64H,1,3,5,7,21-36,46-61H2,2,4,6,8-20H3,(H,93,111)(H,94,112)(H,95,113)(H,96,114)(H,97,115)(H,98,116). The van der Waals surface area contributed by atoms with Crippen molar-refractivity contribution in [2.75, 3.05) is 105 Å². The Kier molecular flexibility index (Phi) is 47.5. The molecule has 3 aromatic rings. The smallest absolute Gasteiger partial charge is 0.423 e. The molecule has 0 atom stereocenters. The minimum atomic E-state index is -1.03. The van der Waals surface area contributed by atoms with Crippen molar-refractivity contribution < 1.29 is 105 Å². The second-order valence-corrected chi connectivity index (χ2v) is 34.4. The van der Waals surface area contributed by atoms with Crippen LogP contribution in [0.4, 0.5) is 38.4 Å². The van der Waals surface area contributed by atoms with Gasteiger partial charge >= 0.3 is 84.2 Å². The molecule has 0 saturated heterocycles. The van der Waals surface area contributed by atoms with Crippen LogP contribution in [0.5, 0.6) is 23.0 Å². The van der Waals surface area contributed by atoms with E-state index in [2.05, 4.69) is 58.2 Å². The molecule has 14 amide bonds. The summed E-state index contributed by atoms with van der Waals surface area (Å²) >= 11 is 0. The van der Waals surface area contributed by atoms with Gasteiger partial charge in [-0.25, -0.2) is 76.9 Å². The van der Waals surface area contributed by atoms with Gasteiger partial charge in [0.05, 0.1) is 37.3 Å². The monoisotopic (exact) mass is 1760 g/mol. The van der Waals surface area contributed by atoms with Gasteiger partial charge in [-0.3, -0.25) is 0 Å². The molecule has 6 N–H and O–H groups in total. The average molecular weight is 1760 g/mol. The Hall–Kier alpha value is -12.0. The van der Waals surface area contributed by atoms with E-state index >= 15 is 0 Å². The van der Waals surface area contributed by atoms with E-state index in [1.54, 1.807) is 33.4 Å². The Morgan fingerprint density at radius 3 is 0.722 bits per heavy atom. The van der Waals surface area contributed by atoms with Crippen LogP contribution in [-0.4, -0.2) is 241 Å². The molecule has 0 bridgehead atoms. The lowest BCUT2D eigenvalue weighted by atomic mass is 10.1. The van der Waals surface area contributed by atoms with Crippen LogP contribution in [0, 0.1) is 0 Å². The summed E-state index contributed by atoms with van der Waals surface area (Å²) in [4.78, 5) is 192. The highest BCUT2D eigenvalue weighted by molar-refractivity contribution is 5.97. The van der Waals surface area contributed by atoms with Crippen molar-refractivity contribution in [3.63, 3.8) is 0 Å². The number of carbonyl (C=O) groups excluding carboxylic acids is 14. The number of nitrogens with zero attached hydrogens (tertiary/aromatic N) is 6. The van der Waals surface area contributed by atoms with Gasteiger partial charge in [-0.2, -0.15) is 0 Å². The highest BCUT2D eigenvalue weighted by Gasteiger charge is 2.32. The first-order valence-electron chi connectivity index (χ1n) is 43.0. The molecule has 0 unspecified atom stereocenters. The lowest BCUT2D eigenvalue weighted by Crippen LogP contribution is -2.52. The quantitative estimate of drug-likeness (QED) is 0.0100. The number of hydrogen-bond acceptors (Lipinski definition) is 22. The number of esters is 6. The van der Waals surface area contributed by atoms with Gasteiger partial charge in [0.1, 0.15) is 49.4 Å². The summed E-state index contributed by atoms with van der Waals surface area (Å²) in [5.41, 5.74) is -1.46. The maximum Gasteiger partial charge on any atom is 0.423 e. The average Bonchev–Trinajstić information content (AvgIpc) is 0.842. The highest BCUT2D eigenvalue weighted by Crippen LogP contribution is 2.26. The summed E-state index contributed by atoms with van der Waals surface area (Å²) in [6.07, 6.45) is 7.19. The Morgan fingerprint density at radius 2 is 0.492 bits per heavy atom. The number of nitrogens with one attached hydrogen (secondary N) is 6. The number of imide groups is 2. The van der Waals surface area contributed by atoms with E-state index in [-0.39, 0.29) is 159 Å². The largest absolute Gasteiger partial charge is 0.460 e. The van der Waals surface area contributed by atoms with Crippen molar-refractivity contribution in [2.24, 2.45) is 0 Å². The number of unbranched alkanes of at least 4 members (excludes halogenated alkanes) is 12. The molecule has 3 rings (SSSR count). The number of ether oxygens (including phenoxy) is 8. The zero-order chi connectivity index (χ0) is 94.3. The Morgan fingerprint density at radius 1 is 0.278 bits per heavy atom. The fraction of sp³-hybridized carbons (Fsp3) is 0.565. The third kappa shape index (κ3) is 42.6. The molecule has 126 heavy (non-hydrogen) atoms. The first-order valence-corrected chi connectivity index (χ1v) is 43.0. The molecule has 0 aromatic heterocycles. The van der Waals surface area contributed by atoms with Crippen molar-refractivity contribution in [3.8, 4) is 23.0 Å². The number of carbonyl (C=O) groups is 14. The molecule has 34 nitrogen and oxygen atoms in total. The topological polar surface area (TPSA) is 404 Å². The number of hydrogen-bond donors (Lipinski definition) is 6. The Balaban J connectivity index is 1.72. The van der Waals surface area contributed by atoms with Gasteiger partial charge in [-0.15, -0.1) is 0 Å². The van der Waals surface area contributed by atoms with E-state index in [0.29, 0.717) is 129 Å². The van der Waals surface area contributed by atoms with E-state index < -0.39 is 82.2 Å². The summed E-state index contributed by atoms with van der Waals surface area (Å²) in [5, 5.41) is 17.3. The van der Waals surface area contributed by atoms with E-state index in [9.17, 15) is 67.1 Å². The summed E-state index contributed by atoms with van der Waals surface area (Å²) < 4.78 is 43.8. The van der Waals surface area contributed by atoms with E-state index in [0.717, 1.165) is 9.80 Å². The van der Waals surface area contributed by atoms with Gasteiger partial charge in [-0.05, 0) is 205 Å². The van der Waals surface area contributed by atoms with E-state index in [4.69, 9.17) is 37.9 Å². The molecule has 0 radical (unpaired) electrons. The van der Waals surface area contributed by atoms with Crippen LogP contribution in [0.1, 0.15) is 234 Å². The molecule has 0 fully saturated rings. The number of rotatable bonds is 50. The van der Waals surface area contributed by atoms with Crippen molar-refractivity contribution in [2.45, 2.75) is 236 Å². The van der Waals surface area contributed by atoms with Crippen LogP contribution >= 0.6 is 0 Å². The van der Waals surface area contributed by atoms with Crippen molar-refractivity contribution in [1.82, 2.24) is 61.3 Å². The third-order valence-electron chi connectivity index (χ3n) is 19.0. The SMILES string of the molecule is C=C(C)C(=O)OCCN(C(=O)NCCCCCCNC(=O)N(CCCCCCNC(=O)N(CCOC(=O)C(=C)C)C(C)(C)C)C(=O)Oc1cccc(OC(=O)c2cccc(C(=O)Oc3cccc(OC(=O)N(CCCCCCNC(=O)N(CCOC(=O)C(=C)C)C(C)(C)C)C(=O)NCCCCCCNC(=O)N(CCOC(=O)C(=C)C)C(C)(C)C)c3)c2)c1)C(C)(C)C. The molecular weight excluding hydrogens is 1630 g/mol. The molecular formula is C92H138N12O22. The zero-order valence-electron chi connectivity index (χ0n) is 77.0. The molecule has 0 aliphatic heterocycles. The van der Waals surface area contributed by atoms with Crippen LogP contribution in [0.2, 0.25) is 0 Å². The summed E-state index contributed by atoms with van der Waals surface area (Å²) in [6, 6.07) is 13.9. The van der Waals surface area contributed by atoms with Crippen LogP contribution in [0.15, 0.2) is 121 Å². The van der Waals surface area contributed by atoms with E-state index in [1.165, 1.54) is 86.6 Å². The summed E-state index contributed by atoms with van der Waals surface area (Å²) in [5.74, 6) is -4.30. The minimum absolute atomic E-state index is 0.00518. The van der Waals surface area contributed by atoms with Crippen LogP contribution in [0.3, 0.4) is 0 Å². The van der Waals surface area contributed by atoms with Crippen molar-refractivity contribution >= 4 is 84.2 Å². The van der Waals surface area contributed by atoms with Gasteiger partial charge in [0.2, 0.25) is 0 Å². The maximum absolute atomic E-state index is 14.0. The lowest BCUT2D eigenvalue weighted by molar-refractivity contribution is -0.140. The molecule has 0 spiro atoms. The maximum atomic E-state index is 14.0. The summed E-state index contributed by atoms with van der Waals surface area (Å²) in [6.45, 7) is 45.3. The molecule has 0 aliphatic rings. The first-order chi connectivity index (χ1) is 59.2. The van der Waals surface area contributed by atoms with E-state index in [1.807, 2.05) is 83.1 Å². The second kappa shape index (κ2) is 55.4. The first kappa shape index (κ1) is 108. The number of urea groups is 6.